The van der Waals surface area contributed by atoms with Crippen LogP contribution in [0, 0.1) is 0 Å². The number of rotatable bonds is 6. The lowest BCUT2D eigenvalue weighted by Gasteiger charge is -2.27. The summed E-state index contributed by atoms with van der Waals surface area (Å²) in [7, 11) is 0. The quantitative estimate of drug-likeness (QED) is 0.402. The van der Waals surface area contributed by atoms with E-state index in [-0.39, 0.29) is 19.3 Å². The van der Waals surface area contributed by atoms with Crippen LogP contribution in [-0.2, 0) is 14.4 Å². The van der Waals surface area contributed by atoms with Crippen LogP contribution in [0.4, 0.5) is 5.69 Å². The Hall–Kier alpha value is -1.89. The van der Waals surface area contributed by atoms with Crippen LogP contribution in [0.25, 0.3) is 0 Å². The van der Waals surface area contributed by atoms with Gasteiger partial charge in [0, 0.05) is 6.54 Å². The molecule has 2 rings (SSSR count). The summed E-state index contributed by atoms with van der Waals surface area (Å²) in [6.07, 6.45) is 1.51. The largest absolute Gasteiger partial charge is 0.460 e. The number of carbonyl (C=O) groups is 1. The van der Waals surface area contributed by atoms with Crippen LogP contribution in [-0.4, -0.2) is 25.7 Å². The Morgan fingerprint density at radius 2 is 2.37 bits per heavy atom. The fraction of sp³-hybridized carbons (Fsp3) is 0.308. The van der Waals surface area contributed by atoms with Gasteiger partial charge in [-0.25, -0.2) is 10.2 Å². The highest BCUT2D eigenvalue weighted by atomic mass is 16.7. The second-order valence-corrected chi connectivity index (χ2v) is 4.02. The average Bonchev–Trinajstić information content (AvgIpc) is 2.45. The molecule has 0 spiro atoms. The van der Waals surface area contributed by atoms with Crippen LogP contribution in [0.3, 0.4) is 0 Å². The minimum absolute atomic E-state index is 0.0235. The van der Waals surface area contributed by atoms with E-state index in [0.717, 1.165) is 11.3 Å². The summed E-state index contributed by atoms with van der Waals surface area (Å²) < 4.78 is 4.80. The molecule has 0 fully saturated rings. The molecule has 1 atom stereocenters. The molecule has 0 saturated heterocycles. The lowest BCUT2D eigenvalue weighted by Crippen LogP contribution is -2.40. The highest BCUT2D eigenvalue weighted by Gasteiger charge is 2.19. The van der Waals surface area contributed by atoms with E-state index >= 15 is 0 Å². The zero-order chi connectivity index (χ0) is 13.5. The topological polar surface area (TPSA) is 71.6 Å². The molecular weight excluding hydrogens is 246 g/mol. The molecule has 6 nitrogen and oxygen atoms in total. The molecule has 102 valence electrons. The predicted molar refractivity (Wildman–Crippen MR) is 71.1 cm³/mol. The Labute approximate surface area is 111 Å². The smallest absolute Gasteiger partial charge is 0.334 e. The van der Waals surface area contributed by atoms with Crippen molar-refractivity contribution in [2.24, 2.45) is 0 Å². The Balaban J connectivity index is 1.81. The van der Waals surface area contributed by atoms with Crippen molar-refractivity contribution in [2.75, 3.05) is 25.2 Å². The van der Waals surface area contributed by atoms with Gasteiger partial charge in [0.1, 0.15) is 6.61 Å². The molecule has 1 aliphatic heterocycles. The van der Waals surface area contributed by atoms with Gasteiger partial charge in [0.25, 0.3) is 0 Å². The van der Waals surface area contributed by atoms with Gasteiger partial charge in [0.05, 0.1) is 11.7 Å². The van der Waals surface area contributed by atoms with Crippen molar-refractivity contribution in [1.29, 1.82) is 0 Å². The summed E-state index contributed by atoms with van der Waals surface area (Å²) in [4.78, 5) is 16.4. The highest BCUT2D eigenvalue weighted by molar-refractivity contribution is 5.70. The summed E-state index contributed by atoms with van der Waals surface area (Å²) in [6, 6.07) is 7.85. The third-order valence-corrected chi connectivity index (χ3v) is 2.64. The molecule has 3 N–H and O–H groups in total. The number of hydrogen-bond donors (Lipinski definition) is 3. The number of carbonyl (C=O) groups excluding carboxylic acids is 1. The number of anilines is 1. The van der Waals surface area contributed by atoms with Gasteiger partial charge in [-0.3, -0.25) is 4.84 Å². The van der Waals surface area contributed by atoms with E-state index in [4.69, 9.17) is 9.57 Å². The second kappa shape index (κ2) is 6.89. The van der Waals surface area contributed by atoms with Crippen molar-refractivity contribution in [3.63, 3.8) is 0 Å². The van der Waals surface area contributed by atoms with E-state index in [9.17, 15) is 4.79 Å². The fourth-order valence-corrected chi connectivity index (χ4v) is 1.77. The molecule has 6 heteroatoms. The molecule has 0 aromatic heterocycles. The first-order chi connectivity index (χ1) is 9.31. The number of para-hydroxylation sites is 1. The number of esters is 1. The van der Waals surface area contributed by atoms with Crippen LogP contribution < -0.4 is 16.3 Å². The third kappa shape index (κ3) is 3.78. The van der Waals surface area contributed by atoms with Crippen molar-refractivity contribution < 1.29 is 14.4 Å². The van der Waals surface area contributed by atoms with Gasteiger partial charge in [-0.15, -0.1) is 0 Å². The minimum atomic E-state index is -0.428. The van der Waals surface area contributed by atoms with Crippen LogP contribution in [0.5, 0.6) is 0 Å². The second-order valence-electron chi connectivity index (χ2n) is 4.02. The maximum Gasteiger partial charge on any atom is 0.334 e. The first-order valence-corrected chi connectivity index (χ1v) is 6.03. The number of fused-ring (bicyclic) bond motifs is 1. The normalized spacial score (nSPS) is 17.2. The molecule has 0 bridgehead atoms. The van der Waals surface area contributed by atoms with E-state index in [1.807, 2.05) is 24.3 Å². The molecule has 0 amide bonds. The molecule has 1 unspecified atom stereocenters. The molecule has 0 saturated carbocycles. The van der Waals surface area contributed by atoms with Crippen molar-refractivity contribution in [3.8, 4) is 0 Å². The minimum Gasteiger partial charge on any atom is -0.460 e. The molecule has 0 radical (unpaired) electrons. The summed E-state index contributed by atoms with van der Waals surface area (Å²) in [5, 5.41) is 0. The molecule has 19 heavy (non-hydrogen) atoms. The highest BCUT2D eigenvalue weighted by Crippen LogP contribution is 2.24. The number of nitrogens with one attached hydrogen (secondary N) is 3. The summed E-state index contributed by atoms with van der Waals surface area (Å²) >= 11 is 0. The zero-order valence-electron chi connectivity index (χ0n) is 10.5. The van der Waals surface area contributed by atoms with Crippen LogP contribution in [0.15, 0.2) is 36.9 Å². The monoisotopic (exact) mass is 263 g/mol. The number of hydrazine groups is 1. The van der Waals surface area contributed by atoms with Gasteiger partial charge in [-0.05, 0) is 11.6 Å². The molecular formula is C13H17N3O3. The van der Waals surface area contributed by atoms with Crippen molar-refractivity contribution in [1.82, 2.24) is 10.9 Å². The van der Waals surface area contributed by atoms with E-state index in [0.29, 0.717) is 6.54 Å². The van der Waals surface area contributed by atoms with Crippen molar-refractivity contribution in [3.05, 3.63) is 42.5 Å². The molecule has 1 heterocycles. The SMILES string of the molecule is C=CCOC(=O)CONC1CNNc2ccccc21. The molecule has 1 aromatic carbocycles. The first kappa shape index (κ1) is 13.5. The van der Waals surface area contributed by atoms with E-state index in [2.05, 4.69) is 22.9 Å². The predicted octanol–water partition coefficient (Wildman–Crippen LogP) is 0.908. The van der Waals surface area contributed by atoms with Crippen molar-refractivity contribution in [2.45, 2.75) is 6.04 Å². The Morgan fingerprint density at radius 3 is 3.21 bits per heavy atom. The fourth-order valence-electron chi connectivity index (χ4n) is 1.77. The molecule has 1 aromatic rings. The van der Waals surface area contributed by atoms with Gasteiger partial charge in [-0.2, -0.15) is 5.48 Å². The number of hydroxylamine groups is 1. The lowest BCUT2D eigenvalue weighted by atomic mass is 10.0. The van der Waals surface area contributed by atoms with Gasteiger partial charge in [-0.1, -0.05) is 30.9 Å². The summed E-state index contributed by atoms with van der Waals surface area (Å²) in [5.74, 6) is -0.428. The van der Waals surface area contributed by atoms with Crippen LogP contribution >= 0.6 is 0 Å². The van der Waals surface area contributed by atoms with Crippen LogP contribution in [0.1, 0.15) is 11.6 Å². The van der Waals surface area contributed by atoms with Gasteiger partial charge in [0.2, 0.25) is 0 Å². The lowest BCUT2D eigenvalue weighted by molar-refractivity contribution is -0.151. The van der Waals surface area contributed by atoms with E-state index in [1.54, 1.807) is 0 Å². The number of benzene rings is 1. The molecule has 0 aliphatic carbocycles. The third-order valence-electron chi connectivity index (χ3n) is 2.64. The Morgan fingerprint density at radius 1 is 1.53 bits per heavy atom. The summed E-state index contributed by atoms with van der Waals surface area (Å²) in [5.41, 5.74) is 11.0. The van der Waals surface area contributed by atoms with E-state index < -0.39 is 5.97 Å². The molecule has 1 aliphatic rings. The first-order valence-electron chi connectivity index (χ1n) is 6.03. The average molecular weight is 263 g/mol. The van der Waals surface area contributed by atoms with Gasteiger partial charge >= 0.3 is 5.97 Å². The van der Waals surface area contributed by atoms with E-state index in [1.165, 1.54) is 6.08 Å². The van der Waals surface area contributed by atoms with Gasteiger partial charge < -0.3 is 10.2 Å². The zero-order valence-corrected chi connectivity index (χ0v) is 10.5. The standard InChI is InChI=1S/C13H17N3O3/c1-2-7-18-13(17)9-19-16-12-8-14-15-11-6-4-3-5-10(11)12/h2-6,12,14-16H,1,7-9H2. The van der Waals surface area contributed by atoms with Crippen molar-refractivity contribution >= 4 is 11.7 Å². The van der Waals surface area contributed by atoms with Crippen LogP contribution in [0.2, 0.25) is 0 Å². The maximum absolute atomic E-state index is 11.2. The summed E-state index contributed by atoms with van der Waals surface area (Å²) in [6.45, 7) is 4.17. The number of ether oxygens (including phenoxy) is 1. The Bertz CT molecular complexity index is 451. The Kier molecular flexibility index (Phi) is 4.91. The number of hydrogen-bond acceptors (Lipinski definition) is 6. The maximum atomic E-state index is 11.2. The van der Waals surface area contributed by atoms with Gasteiger partial charge in [0.15, 0.2) is 6.61 Å².